The third-order valence-corrected chi connectivity index (χ3v) is 3.38. The van der Waals surface area contributed by atoms with Crippen LogP contribution in [0.3, 0.4) is 0 Å². The summed E-state index contributed by atoms with van der Waals surface area (Å²) in [6.45, 7) is 0. The zero-order chi connectivity index (χ0) is 5.56. The van der Waals surface area contributed by atoms with Gasteiger partial charge in [0.2, 0.25) is 0 Å². The van der Waals surface area contributed by atoms with Crippen LogP contribution in [0, 0.1) is 0 Å². The van der Waals surface area contributed by atoms with Crippen LogP contribution in [0.1, 0.15) is 0 Å². The Hall–Kier alpha value is -0.270. The minimum Gasteiger partial charge on any atom is -0.430 e. The fraction of sp³-hybridized carbons (Fsp3) is 0. The molecule has 42 valence electrons. The third kappa shape index (κ3) is 0.408. The summed E-state index contributed by atoms with van der Waals surface area (Å²) in [4.78, 5) is 0. The molecule has 0 aliphatic carbocycles. The Balaban J connectivity index is 2.68. The molecule has 0 saturated heterocycles. The topological polar surface area (TPSA) is 26.3 Å². The summed E-state index contributed by atoms with van der Waals surface area (Å²) in [5.41, 5.74) is 0. The van der Waals surface area contributed by atoms with E-state index in [0.29, 0.717) is 0 Å². The average molecular weight is 146 g/mol. The van der Waals surface area contributed by atoms with E-state index in [-0.39, 0.29) is 0 Å². The fourth-order valence-electron chi connectivity index (χ4n) is 0.619. The molecule has 2 rings (SSSR count). The molecular weight excluding hydrogens is 143 g/mol. The first-order valence-electron chi connectivity index (χ1n) is 2.17. The summed E-state index contributed by atoms with van der Waals surface area (Å²) >= 11 is 1.50. The van der Waals surface area contributed by atoms with Crippen LogP contribution < -0.4 is 9.83 Å². The second kappa shape index (κ2) is 1.36. The molecule has 1 aliphatic heterocycles. The predicted octanol–water partition coefficient (Wildman–Crippen LogP) is 1.24. The van der Waals surface area contributed by atoms with Crippen LogP contribution in [0.25, 0.3) is 0 Å². The summed E-state index contributed by atoms with van der Waals surface area (Å²) in [7, 11) is -1.75. The van der Waals surface area contributed by atoms with Crippen LogP contribution >= 0.6 is 19.4 Å². The van der Waals surface area contributed by atoms with Crippen LogP contribution in [0.2, 0.25) is 0 Å². The Labute approximate surface area is 51.0 Å². The highest BCUT2D eigenvalue weighted by molar-refractivity contribution is 7.53. The van der Waals surface area contributed by atoms with E-state index in [1.807, 2.05) is 11.4 Å². The van der Waals surface area contributed by atoms with Crippen molar-refractivity contribution in [3.63, 3.8) is 0 Å². The lowest BCUT2D eigenvalue weighted by Crippen LogP contribution is -2.08. The van der Waals surface area contributed by atoms with E-state index in [1.54, 1.807) is 0 Å². The molecule has 0 fully saturated rings. The van der Waals surface area contributed by atoms with E-state index >= 15 is 0 Å². The first-order chi connectivity index (χ1) is 3.88. The molecular formula is C4H3O2PS. The number of hydrogen-bond donors (Lipinski definition) is 0. The predicted molar refractivity (Wildman–Crippen MR) is 33.6 cm³/mol. The lowest BCUT2D eigenvalue weighted by Gasteiger charge is -2.12. The largest absolute Gasteiger partial charge is 0.430 e. The van der Waals surface area contributed by atoms with Crippen LogP contribution in [0.5, 0.6) is 5.06 Å². The molecule has 1 atom stereocenters. The smallest absolute Gasteiger partial charge is 0.271 e. The number of fused-ring (bicyclic) bond motifs is 1. The van der Waals surface area contributed by atoms with E-state index in [1.165, 1.54) is 11.3 Å². The highest BCUT2D eigenvalue weighted by Crippen LogP contribution is 2.42. The van der Waals surface area contributed by atoms with E-state index < -0.39 is 8.03 Å². The van der Waals surface area contributed by atoms with Gasteiger partial charge in [-0.05, 0) is 11.4 Å². The Morgan fingerprint density at radius 1 is 1.75 bits per heavy atom. The van der Waals surface area contributed by atoms with Gasteiger partial charge in [-0.3, -0.25) is 4.57 Å². The summed E-state index contributed by atoms with van der Waals surface area (Å²) in [5.74, 6) is 0. The van der Waals surface area contributed by atoms with Crippen molar-refractivity contribution in [1.29, 1.82) is 0 Å². The maximum absolute atomic E-state index is 10.6. The molecule has 0 amide bonds. The van der Waals surface area contributed by atoms with Gasteiger partial charge >= 0.3 is 0 Å². The minimum absolute atomic E-state index is 0.842. The summed E-state index contributed by atoms with van der Waals surface area (Å²) in [6.07, 6.45) is 0. The molecule has 0 aromatic carbocycles. The van der Waals surface area contributed by atoms with E-state index in [0.717, 1.165) is 10.4 Å². The Kier molecular flexibility index (Phi) is 0.783. The van der Waals surface area contributed by atoms with Gasteiger partial charge < -0.3 is 4.52 Å². The minimum atomic E-state index is -1.75. The first-order valence-corrected chi connectivity index (χ1v) is 4.37. The lowest BCUT2D eigenvalue weighted by atomic mass is 10.6. The lowest BCUT2D eigenvalue weighted by molar-refractivity contribution is 0.505. The second-order valence-electron chi connectivity index (χ2n) is 1.51. The molecule has 2 nitrogen and oxygen atoms in total. The third-order valence-electron chi connectivity index (χ3n) is 1.04. The van der Waals surface area contributed by atoms with Gasteiger partial charge in [-0.25, -0.2) is 0 Å². The van der Waals surface area contributed by atoms with Crippen LogP contribution in [-0.2, 0) is 4.57 Å². The Morgan fingerprint density at radius 3 is 3.12 bits per heavy atom. The highest BCUT2D eigenvalue weighted by atomic mass is 32.1. The van der Waals surface area contributed by atoms with Gasteiger partial charge in [-0.15, -0.1) is 11.3 Å². The summed E-state index contributed by atoms with van der Waals surface area (Å²) in [6, 6.07) is 1.85. The van der Waals surface area contributed by atoms with E-state index in [2.05, 4.69) is 0 Å². The molecule has 1 aliphatic rings. The van der Waals surface area contributed by atoms with Crippen molar-refractivity contribution in [2.24, 2.45) is 0 Å². The second-order valence-corrected chi connectivity index (χ2v) is 3.71. The molecule has 2 heterocycles. The zero-order valence-corrected chi connectivity index (χ0v) is 5.70. The highest BCUT2D eigenvalue weighted by Gasteiger charge is 2.23. The monoisotopic (exact) mass is 146 g/mol. The molecule has 0 radical (unpaired) electrons. The number of thiophene rings is 1. The van der Waals surface area contributed by atoms with Crippen molar-refractivity contribution in [2.45, 2.75) is 0 Å². The molecule has 0 bridgehead atoms. The van der Waals surface area contributed by atoms with Crippen molar-refractivity contribution >= 4 is 24.7 Å². The summed E-state index contributed by atoms with van der Waals surface area (Å²) in [5, 5.41) is 3.65. The van der Waals surface area contributed by atoms with E-state index in [9.17, 15) is 4.57 Å². The summed E-state index contributed by atoms with van der Waals surface area (Å²) < 4.78 is 15.3. The Bertz CT molecular complexity index is 242. The van der Waals surface area contributed by atoms with Crippen molar-refractivity contribution in [3.05, 3.63) is 11.4 Å². The zero-order valence-electron chi connectivity index (χ0n) is 3.88. The van der Waals surface area contributed by atoms with Crippen LogP contribution in [0.15, 0.2) is 11.4 Å². The molecule has 8 heavy (non-hydrogen) atoms. The van der Waals surface area contributed by atoms with Crippen molar-refractivity contribution < 1.29 is 9.09 Å². The average Bonchev–Trinajstić information content (AvgIpc) is 2.09. The van der Waals surface area contributed by atoms with Crippen LogP contribution in [0.4, 0.5) is 0 Å². The van der Waals surface area contributed by atoms with Gasteiger partial charge in [0.05, 0.1) is 5.30 Å². The maximum atomic E-state index is 10.6. The molecule has 1 aromatic rings. The SMILES string of the molecule is O=[PH]1Oc2sccc21. The maximum Gasteiger partial charge on any atom is 0.271 e. The normalized spacial score (nSPS) is 23.2. The first kappa shape index (κ1) is 4.59. The van der Waals surface area contributed by atoms with Gasteiger partial charge in [0.1, 0.15) is 0 Å². The van der Waals surface area contributed by atoms with Crippen LogP contribution in [-0.4, -0.2) is 0 Å². The van der Waals surface area contributed by atoms with Gasteiger partial charge in [-0.2, -0.15) is 0 Å². The van der Waals surface area contributed by atoms with Crippen molar-refractivity contribution in [1.82, 2.24) is 0 Å². The molecule has 0 spiro atoms. The van der Waals surface area contributed by atoms with Crippen molar-refractivity contribution in [2.75, 3.05) is 0 Å². The number of hydrogen-bond acceptors (Lipinski definition) is 3. The number of rotatable bonds is 0. The van der Waals surface area contributed by atoms with Gasteiger partial charge in [0, 0.05) is 0 Å². The fourth-order valence-corrected chi connectivity index (χ4v) is 2.79. The van der Waals surface area contributed by atoms with Crippen molar-refractivity contribution in [3.8, 4) is 5.06 Å². The van der Waals surface area contributed by atoms with Gasteiger partial charge in [-0.1, -0.05) is 0 Å². The van der Waals surface area contributed by atoms with Gasteiger partial charge in [0.25, 0.3) is 8.03 Å². The Morgan fingerprint density at radius 2 is 2.62 bits per heavy atom. The van der Waals surface area contributed by atoms with Gasteiger partial charge in [0.15, 0.2) is 5.06 Å². The molecule has 0 N–H and O–H groups in total. The molecule has 0 saturated carbocycles. The standard InChI is InChI=1S/C4H3O2PS/c5-7-3-1-2-8-4(3)6-7/h1-2,7H. The quantitative estimate of drug-likeness (QED) is 0.515. The molecule has 1 aromatic heterocycles. The van der Waals surface area contributed by atoms with E-state index in [4.69, 9.17) is 4.52 Å². The molecule has 1 unspecified atom stereocenters. The molecule has 4 heteroatoms.